The van der Waals surface area contributed by atoms with E-state index < -0.39 is 0 Å². The minimum Gasteiger partial charge on any atom is -0.339 e. The van der Waals surface area contributed by atoms with Gasteiger partial charge in [-0.2, -0.15) is 0 Å². The normalized spacial score (nSPS) is 14.6. The fourth-order valence-electron chi connectivity index (χ4n) is 2.62. The fraction of sp³-hybridized carbons (Fsp3) is 0.188. The predicted octanol–water partition coefficient (Wildman–Crippen LogP) is 3.75. The van der Waals surface area contributed by atoms with Crippen molar-refractivity contribution in [3.05, 3.63) is 65.7 Å². The Kier molecular flexibility index (Phi) is 3.18. The second-order valence-corrected chi connectivity index (χ2v) is 5.50. The Labute approximate surface area is 123 Å². The van der Waals surface area contributed by atoms with Crippen LogP contribution in [-0.4, -0.2) is 14.5 Å². The molecule has 2 aromatic rings. The molecule has 0 spiro atoms. The highest BCUT2D eigenvalue weighted by Crippen LogP contribution is 2.29. The summed E-state index contributed by atoms with van der Waals surface area (Å²) >= 11 is 5.47. The van der Waals surface area contributed by atoms with Crippen LogP contribution in [-0.2, 0) is 13.1 Å². The molecule has 0 N–H and O–H groups in total. The summed E-state index contributed by atoms with van der Waals surface area (Å²) in [4.78, 5) is 2.80. The van der Waals surface area contributed by atoms with Gasteiger partial charge in [0, 0.05) is 12.7 Å². The van der Waals surface area contributed by atoms with Crippen molar-refractivity contribution in [1.29, 1.82) is 0 Å². The molecular weight excluding hydrogens is 271 g/mol. The van der Waals surface area contributed by atoms with E-state index in [1.54, 1.807) is 6.07 Å². The molecule has 0 unspecified atom stereocenters. The number of rotatable bonds is 2. The van der Waals surface area contributed by atoms with Gasteiger partial charge in [0.2, 0.25) is 0 Å². The Morgan fingerprint density at radius 3 is 2.90 bits per heavy atom. The van der Waals surface area contributed by atoms with Crippen molar-refractivity contribution >= 4 is 22.9 Å². The van der Waals surface area contributed by atoms with Gasteiger partial charge >= 0.3 is 0 Å². The molecule has 0 radical (unpaired) electrons. The molecule has 0 amide bonds. The summed E-state index contributed by atoms with van der Waals surface area (Å²) in [5.41, 5.74) is 4.07. The summed E-state index contributed by atoms with van der Waals surface area (Å²) in [5.74, 6) is -0.226. The highest BCUT2D eigenvalue weighted by molar-refractivity contribution is 7.80. The van der Waals surface area contributed by atoms with Crippen LogP contribution in [0.4, 0.5) is 4.39 Å². The number of hydrogen-bond donors (Lipinski definition) is 0. The van der Waals surface area contributed by atoms with Crippen molar-refractivity contribution in [2.45, 2.75) is 20.0 Å². The summed E-state index contributed by atoms with van der Waals surface area (Å²) in [6.07, 6.45) is 2.03. The van der Waals surface area contributed by atoms with Crippen LogP contribution in [0.2, 0.25) is 0 Å². The minimum atomic E-state index is -0.226. The van der Waals surface area contributed by atoms with E-state index in [9.17, 15) is 4.39 Å². The first-order valence-corrected chi connectivity index (χ1v) is 6.87. The fourth-order valence-corrected chi connectivity index (χ4v) is 2.93. The van der Waals surface area contributed by atoms with E-state index in [4.69, 9.17) is 12.2 Å². The van der Waals surface area contributed by atoms with Crippen LogP contribution in [0.3, 0.4) is 0 Å². The van der Waals surface area contributed by atoms with Crippen LogP contribution in [0.1, 0.15) is 16.8 Å². The van der Waals surface area contributed by atoms with Gasteiger partial charge in [0.1, 0.15) is 10.8 Å². The van der Waals surface area contributed by atoms with E-state index in [1.807, 2.05) is 17.2 Å². The number of benzene rings is 1. The SMILES string of the molecule is C=C1c2c(C)ccn2CC(=S)N1Cc1cccc(F)c1. The van der Waals surface area contributed by atoms with Gasteiger partial charge < -0.3 is 9.47 Å². The molecule has 0 aliphatic carbocycles. The summed E-state index contributed by atoms with van der Waals surface area (Å²) in [6, 6.07) is 8.67. The van der Waals surface area contributed by atoms with Crippen LogP contribution in [0.5, 0.6) is 0 Å². The van der Waals surface area contributed by atoms with Crippen LogP contribution in [0, 0.1) is 12.7 Å². The lowest BCUT2D eigenvalue weighted by Gasteiger charge is -2.33. The molecule has 0 saturated carbocycles. The minimum absolute atomic E-state index is 0.226. The Morgan fingerprint density at radius 1 is 1.35 bits per heavy atom. The Hall–Kier alpha value is -1.94. The molecule has 2 heterocycles. The molecule has 2 nitrogen and oxygen atoms in total. The van der Waals surface area contributed by atoms with Gasteiger partial charge in [-0.15, -0.1) is 0 Å². The number of nitrogens with zero attached hydrogens (tertiary/aromatic N) is 2. The van der Waals surface area contributed by atoms with Crippen LogP contribution in [0.25, 0.3) is 5.70 Å². The zero-order valence-corrected chi connectivity index (χ0v) is 12.1. The lowest BCUT2D eigenvalue weighted by molar-refractivity contribution is 0.533. The second kappa shape index (κ2) is 4.87. The second-order valence-electron chi connectivity index (χ2n) is 5.03. The topological polar surface area (TPSA) is 8.17 Å². The summed E-state index contributed by atoms with van der Waals surface area (Å²) in [5, 5.41) is 0. The molecule has 0 fully saturated rings. The summed E-state index contributed by atoms with van der Waals surface area (Å²) in [7, 11) is 0. The van der Waals surface area contributed by atoms with Gasteiger partial charge in [-0.1, -0.05) is 30.9 Å². The molecular formula is C16H15FN2S. The van der Waals surface area contributed by atoms with E-state index in [0.29, 0.717) is 13.1 Å². The monoisotopic (exact) mass is 286 g/mol. The largest absolute Gasteiger partial charge is 0.339 e. The molecule has 1 aromatic carbocycles. The Morgan fingerprint density at radius 2 is 2.15 bits per heavy atom. The standard InChI is InChI=1S/C16H15FN2S/c1-11-6-7-18-10-15(20)19(12(2)16(11)18)9-13-4-3-5-14(17)8-13/h3-8H,2,9-10H2,1H3. The highest BCUT2D eigenvalue weighted by atomic mass is 32.1. The van der Waals surface area contributed by atoms with Crippen molar-refractivity contribution in [2.75, 3.05) is 0 Å². The number of halogens is 1. The summed E-state index contributed by atoms with van der Waals surface area (Å²) in [6.45, 7) is 7.45. The van der Waals surface area contributed by atoms with Crippen molar-refractivity contribution in [3.8, 4) is 0 Å². The van der Waals surface area contributed by atoms with Crippen molar-refractivity contribution in [1.82, 2.24) is 9.47 Å². The molecule has 0 bridgehead atoms. The lowest BCUT2D eigenvalue weighted by Crippen LogP contribution is -2.35. The molecule has 1 aromatic heterocycles. The zero-order valence-electron chi connectivity index (χ0n) is 11.3. The van der Waals surface area contributed by atoms with Crippen molar-refractivity contribution in [3.63, 3.8) is 0 Å². The van der Waals surface area contributed by atoms with E-state index in [1.165, 1.54) is 17.7 Å². The van der Waals surface area contributed by atoms with Gasteiger partial charge in [-0.05, 0) is 36.2 Å². The molecule has 102 valence electrons. The number of aromatic nitrogens is 1. The lowest BCUT2D eigenvalue weighted by atomic mass is 10.1. The van der Waals surface area contributed by atoms with Crippen LogP contribution >= 0.6 is 12.2 Å². The summed E-state index contributed by atoms with van der Waals surface area (Å²) < 4.78 is 15.4. The predicted molar refractivity (Wildman–Crippen MR) is 82.7 cm³/mol. The maximum absolute atomic E-state index is 13.3. The first kappa shape index (κ1) is 13.1. The first-order chi connectivity index (χ1) is 9.56. The number of aryl methyl sites for hydroxylation is 1. The third-order valence-corrected chi connectivity index (χ3v) is 3.95. The quantitative estimate of drug-likeness (QED) is 0.777. The van der Waals surface area contributed by atoms with Gasteiger partial charge in [-0.25, -0.2) is 4.39 Å². The van der Waals surface area contributed by atoms with Gasteiger partial charge in [0.05, 0.1) is 17.9 Å². The number of fused-ring (bicyclic) bond motifs is 1. The van der Waals surface area contributed by atoms with Gasteiger partial charge in [0.25, 0.3) is 0 Å². The van der Waals surface area contributed by atoms with Gasteiger partial charge in [-0.3, -0.25) is 0 Å². The van der Waals surface area contributed by atoms with E-state index >= 15 is 0 Å². The molecule has 3 rings (SSSR count). The zero-order chi connectivity index (χ0) is 14.3. The van der Waals surface area contributed by atoms with Crippen LogP contribution < -0.4 is 0 Å². The van der Waals surface area contributed by atoms with Crippen LogP contribution in [0.15, 0.2) is 43.1 Å². The molecule has 1 aliphatic rings. The maximum atomic E-state index is 13.3. The molecule has 4 heteroatoms. The van der Waals surface area contributed by atoms with Gasteiger partial charge in [0.15, 0.2) is 0 Å². The molecule has 0 atom stereocenters. The van der Waals surface area contributed by atoms with E-state index in [2.05, 4.69) is 24.1 Å². The van der Waals surface area contributed by atoms with Crippen molar-refractivity contribution < 1.29 is 4.39 Å². The number of hydrogen-bond acceptors (Lipinski definition) is 1. The van der Waals surface area contributed by atoms with E-state index in [0.717, 1.165) is 21.9 Å². The first-order valence-electron chi connectivity index (χ1n) is 6.46. The number of thiocarbonyl (C=S) groups is 1. The highest BCUT2D eigenvalue weighted by Gasteiger charge is 2.25. The third-order valence-electron chi connectivity index (χ3n) is 3.60. The molecule has 20 heavy (non-hydrogen) atoms. The molecule has 0 saturated heterocycles. The average Bonchev–Trinajstić information content (AvgIpc) is 2.76. The van der Waals surface area contributed by atoms with Crippen molar-refractivity contribution in [2.24, 2.45) is 0 Å². The van der Waals surface area contributed by atoms with E-state index in [-0.39, 0.29) is 5.82 Å². The smallest absolute Gasteiger partial charge is 0.123 e. The Balaban J connectivity index is 1.93. The third kappa shape index (κ3) is 2.16. The maximum Gasteiger partial charge on any atom is 0.123 e. The molecule has 1 aliphatic heterocycles. The Bertz CT molecular complexity index is 702. The average molecular weight is 286 g/mol.